The number of hydrogen-bond acceptors (Lipinski definition) is 6. The summed E-state index contributed by atoms with van der Waals surface area (Å²) in [5, 5.41) is 9.35. The van der Waals surface area contributed by atoms with Gasteiger partial charge in [0, 0.05) is 31.6 Å². The highest BCUT2D eigenvalue weighted by Gasteiger charge is 2.67. The number of carboxylic acid groups (broad SMARTS) is 1. The molecule has 0 aromatic heterocycles. The van der Waals surface area contributed by atoms with Crippen molar-refractivity contribution in [1.82, 2.24) is 0 Å². The average Bonchev–Trinajstić information content (AvgIpc) is 3.16. The van der Waals surface area contributed by atoms with E-state index in [4.69, 9.17) is 14.2 Å². The van der Waals surface area contributed by atoms with Crippen LogP contribution in [-0.4, -0.2) is 47.4 Å². The summed E-state index contributed by atoms with van der Waals surface area (Å²) in [5.41, 5.74) is -0.0230. The molecule has 0 aromatic rings. The summed E-state index contributed by atoms with van der Waals surface area (Å²) in [6.07, 6.45) is 7.40. The fourth-order valence-electron chi connectivity index (χ4n) is 9.82. The maximum atomic E-state index is 12.4. The Labute approximate surface area is 228 Å². The second-order valence-electron chi connectivity index (χ2n) is 13.8. The predicted octanol–water partition coefficient (Wildman–Crippen LogP) is 6.02. The van der Waals surface area contributed by atoms with E-state index < -0.39 is 5.97 Å². The zero-order chi connectivity index (χ0) is 28.0. The fraction of sp³-hybridized carbons (Fsp3) is 0.903. The van der Waals surface area contributed by atoms with Crippen LogP contribution in [0.1, 0.15) is 106 Å². The van der Waals surface area contributed by atoms with Crippen LogP contribution in [0.2, 0.25) is 0 Å². The van der Waals surface area contributed by atoms with Gasteiger partial charge in [-0.1, -0.05) is 20.8 Å². The number of aliphatic carboxylic acids is 1. The van der Waals surface area contributed by atoms with E-state index in [0.717, 1.165) is 44.9 Å². The topological polar surface area (TPSA) is 99.1 Å². The summed E-state index contributed by atoms with van der Waals surface area (Å²) in [6.45, 7) is 14.3. The normalized spacial score (nSPS) is 42.9. The molecule has 7 heteroatoms. The number of carbonyl (C=O) groups excluding carboxylic acids is 2. The molecule has 0 spiro atoms. The third kappa shape index (κ3) is 5.38. The Morgan fingerprint density at radius 2 is 1.61 bits per heavy atom. The fourth-order valence-corrected chi connectivity index (χ4v) is 9.82. The van der Waals surface area contributed by atoms with Gasteiger partial charge in [0.15, 0.2) is 0 Å². The van der Waals surface area contributed by atoms with Gasteiger partial charge in [-0.2, -0.15) is 0 Å². The summed E-state index contributed by atoms with van der Waals surface area (Å²) < 4.78 is 18.6. The van der Waals surface area contributed by atoms with Crippen molar-refractivity contribution < 1.29 is 33.7 Å². The molecule has 1 N–H and O–H groups in total. The van der Waals surface area contributed by atoms with Gasteiger partial charge >= 0.3 is 17.9 Å². The molecule has 7 nitrogen and oxygen atoms in total. The van der Waals surface area contributed by atoms with Crippen LogP contribution in [0, 0.1) is 46.3 Å². The van der Waals surface area contributed by atoms with Crippen molar-refractivity contribution >= 4 is 17.9 Å². The SMILES string of the molecule is CC(=O)OC1CC[C@@]2(C)[C@@H](C1)CC(OC(C)=O)[C@@H]1[C@@H]2CC(OC(C)C)[C@]2(C)[C@@H]([C@H](C)CCC(=O)O)CC[C@@H]12. The zero-order valence-electron chi connectivity index (χ0n) is 24.5. The second kappa shape index (κ2) is 11.1. The summed E-state index contributed by atoms with van der Waals surface area (Å²) in [5.74, 6) is 0.776. The molecule has 38 heavy (non-hydrogen) atoms. The lowest BCUT2D eigenvalue weighted by molar-refractivity contribution is -0.230. The molecule has 4 aliphatic carbocycles. The van der Waals surface area contributed by atoms with Gasteiger partial charge in [-0.05, 0) is 100 Å². The third-order valence-electron chi connectivity index (χ3n) is 11.3. The van der Waals surface area contributed by atoms with Crippen LogP contribution < -0.4 is 0 Å². The van der Waals surface area contributed by atoms with Crippen molar-refractivity contribution in [3.8, 4) is 0 Å². The number of rotatable bonds is 8. The monoisotopic (exact) mass is 534 g/mol. The number of esters is 2. The average molecular weight is 535 g/mol. The Morgan fingerprint density at radius 3 is 2.21 bits per heavy atom. The standard InChI is InChI=1S/C31H50O7/c1-17(2)36-27-16-25-29(24-10-9-23(31(24,27)7)18(3)8-11-28(34)35)26(38-20(5)33)15-21-14-22(37-19(4)32)12-13-30(21,25)6/h17-18,21-27,29H,8-16H2,1-7H3,(H,34,35)/t18-,21+,22?,23-,24+,25+,26?,27?,29+,30+,31-/m1/s1. The lowest BCUT2D eigenvalue weighted by Gasteiger charge is -2.64. The summed E-state index contributed by atoms with van der Waals surface area (Å²) >= 11 is 0. The van der Waals surface area contributed by atoms with Crippen molar-refractivity contribution in [1.29, 1.82) is 0 Å². The van der Waals surface area contributed by atoms with Crippen LogP contribution in [0.15, 0.2) is 0 Å². The van der Waals surface area contributed by atoms with Crippen molar-refractivity contribution in [2.45, 2.75) is 131 Å². The number of carbonyl (C=O) groups is 3. The van der Waals surface area contributed by atoms with E-state index in [0.29, 0.717) is 30.1 Å². The van der Waals surface area contributed by atoms with Crippen LogP contribution in [-0.2, 0) is 28.6 Å². The minimum atomic E-state index is -0.735. The largest absolute Gasteiger partial charge is 0.481 e. The molecule has 4 saturated carbocycles. The van der Waals surface area contributed by atoms with Crippen LogP contribution in [0.25, 0.3) is 0 Å². The molecular weight excluding hydrogens is 484 g/mol. The van der Waals surface area contributed by atoms with Gasteiger partial charge in [0.1, 0.15) is 12.2 Å². The lowest BCUT2D eigenvalue weighted by Crippen LogP contribution is -2.63. The molecule has 0 amide bonds. The lowest BCUT2D eigenvalue weighted by atomic mass is 9.43. The van der Waals surface area contributed by atoms with E-state index in [2.05, 4.69) is 34.6 Å². The first-order valence-electron chi connectivity index (χ1n) is 15.0. The molecular formula is C31H50O7. The van der Waals surface area contributed by atoms with E-state index in [1.807, 2.05) is 0 Å². The van der Waals surface area contributed by atoms with E-state index in [9.17, 15) is 19.5 Å². The van der Waals surface area contributed by atoms with E-state index in [1.54, 1.807) is 0 Å². The number of carboxylic acids is 1. The van der Waals surface area contributed by atoms with E-state index in [-0.39, 0.29) is 65.4 Å². The molecule has 4 aliphatic rings. The maximum Gasteiger partial charge on any atom is 0.303 e. The molecule has 0 saturated heterocycles. The van der Waals surface area contributed by atoms with Crippen LogP contribution >= 0.6 is 0 Å². The van der Waals surface area contributed by atoms with Crippen LogP contribution in [0.5, 0.6) is 0 Å². The molecule has 4 fully saturated rings. The number of ether oxygens (including phenoxy) is 3. The zero-order valence-corrected chi connectivity index (χ0v) is 24.5. The van der Waals surface area contributed by atoms with Crippen molar-refractivity contribution in [2.24, 2.45) is 46.3 Å². The minimum absolute atomic E-state index is 0.0670. The highest BCUT2D eigenvalue weighted by molar-refractivity contribution is 5.67. The van der Waals surface area contributed by atoms with Crippen LogP contribution in [0.4, 0.5) is 0 Å². The van der Waals surface area contributed by atoms with Crippen LogP contribution in [0.3, 0.4) is 0 Å². The first-order chi connectivity index (χ1) is 17.8. The van der Waals surface area contributed by atoms with Gasteiger partial charge in [0.2, 0.25) is 0 Å². The van der Waals surface area contributed by atoms with Gasteiger partial charge in [-0.3, -0.25) is 14.4 Å². The van der Waals surface area contributed by atoms with E-state index in [1.165, 1.54) is 13.8 Å². The van der Waals surface area contributed by atoms with Crippen molar-refractivity contribution in [2.75, 3.05) is 0 Å². The van der Waals surface area contributed by atoms with Gasteiger partial charge in [0.05, 0.1) is 12.2 Å². The minimum Gasteiger partial charge on any atom is -0.481 e. The second-order valence-corrected chi connectivity index (χ2v) is 13.8. The Kier molecular flexibility index (Phi) is 8.57. The maximum absolute atomic E-state index is 12.4. The molecule has 216 valence electrons. The van der Waals surface area contributed by atoms with Crippen molar-refractivity contribution in [3.05, 3.63) is 0 Å². The molecule has 0 aromatic carbocycles. The molecule has 0 radical (unpaired) electrons. The predicted molar refractivity (Wildman–Crippen MR) is 143 cm³/mol. The quantitative estimate of drug-likeness (QED) is 0.380. The van der Waals surface area contributed by atoms with Crippen molar-refractivity contribution in [3.63, 3.8) is 0 Å². The molecule has 3 unspecified atom stereocenters. The smallest absolute Gasteiger partial charge is 0.303 e. The van der Waals surface area contributed by atoms with Gasteiger partial charge in [-0.25, -0.2) is 0 Å². The van der Waals surface area contributed by atoms with Gasteiger partial charge in [-0.15, -0.1) is 0 Å². The Hall–Kier alpha value is -1.63. The number of fused-ring (bicyclic) bond motifs is 5. The third-order valence-corrected chi connectivity index (χ3v) is 11.3. The highest BCUT2D eigenvalue weighted by atomic mass is 16.5. The molecule has 11 atom stereocenters. The summed E-state index contributed by atoms with van der Waals surface area (Å²) in [4.78, 5) is 35.5. The molecule has 0 heterocycles. The first-order valence-corrected chi connectivity index (χ1v) is 15.0. The first kappa shape index (κ1) is 29.4. The Balaban J connectivity index is 1.71. The summed E-state index contributed by atoms with van der Waals surface area (Å²) in [6, 6.07) is 0. The molecule has 0 aliphatic heterocycles. The van der Waals surface area contributed by atoms with E-state index >= 15 is 0 Å². The summed E-state index contributed by atoms with van der Waals surface area (Å²) in [7, 11) is 0. The molecule has 4 rings (SSSR count). The van der Waals surface area contributed by atoms with Gasteiger partial charge in [0.25, 0.3) is 0 Å². The molecule has 0 bridgehead atoms. The highest BCUT2D eigenvalue weighted by Crippen LogP contribution is 2.69. The Bertz CT molecular complexity index is 901. The Morgan fingerprint density at radius 1 is 0.921 bits per heavy atom. The number of hydrogen-bond donors (Lipinski definition) is 1. The van der Waals surface area contributed by atoms with Gasteiger partial charge < -0.3 is 19.3 Å².